The van der Waals surface area contributed by atoms with E-state index in [9.17, 15) is 43.2 Å². The molecule has 0 spiro atoms. The van der Waals surface area contributed by atoms with Gasteiger partial charge in [0.2, 0.25) is 0 Å². The van der Waals surface area contributed by atoms with Gasteiger partial charge in [-0.15, -0.1) is 0 Å². The molecule has 101 heavy (non-hydrogen) atoms. The van der Waals surface area contributed by atoms with E-state index in [2.05, 4.69) is 48.5 Å². The molecule has 0 rings (SSSR count). The summed E-state index contributed by atoms with van der Waals surface area (Å²) in [6.45, 7) is 12.0. The van der Waals surface area contributed by atoms with Crippen LogP contribution in [0.1, 0.15) is 427 Å². The van der Waals surface area contributed by atoms with Crippen LogP contribution in [0.25, 0.3) is 0 Å². The summed E-state index contributed by atoms with van der Waals surface area (Å²) in [4.78, 5) is 73.0. The van der Waals surface area contributed by atoms with Crippen molar-refractivity contribution in [3.8, 4) is 0 Å². The fourth-order valence-corrected chi connectivity index (χ4v) is 14.2. The molecule has 0 aromatic heterocycles. The van der Waals surface area contributed by atoms with Gasteiger partial charge in [-0.1, -0.05) is 376 Å². The molecule has 0 bridgehead atoms. The molecule has 2 unspecified atom stereocenters. The van der Waals surface area contributed by atoms with E-state index in [1.165, 1.54) is 238 Å². The van der Waals surface area contributed by atoms with E-state index in [1.807, 2.05) is 0 Å². The number of carbonyl (C=O) groups excluding carboxylic acids is 4. The molecule has 0 aliphatic carbocycles. The van der Waals surface area contributed by atoms with Gasteiger partial charge in [-0.3, -0.25) is 37.3 Å². The summed E-state index contributed by atoms with van der Waals surface area (Å²) >= 11 is 0. The molecule has 0 saturated carbocycles. The number of aliphatic hydroxyl groups excluding tert-OH is 1. The van der Waals surface area contributed by atoms with Crippen molar-refractivity contribution in [3.05, 3.63) is 0 Å². The maximum absolute atomic E-state index is 13.1. The van der Waals surface area contributed by atoms with Crippen LogP contribution in [0.5, 0.6) is 0 Å². The quantitative estimate of drug-likeness (QED) is 0.0222. The lowest BCUT2D eigenvalue weighted by atomic mass is 10.0. The summed E-state index contributed by atoms with van der Waals surface area (Å²) in [5.41, 5.74) is 0. The van der Waals surface area contributed by atoms with E-state index in [4.69, 9.17) is 37.0 Å². The number of hydrogen-bond acceptors (Lipinski definition) is 15. The van der Waals surface area contributed by atoms with Gasteiger partial charge in [0.05, 0.1) is 26.4 Å². The van der Waals surface area contributed by atoms with Crippen LogP contribution < -0.4 is 0 Å². The fourth-order valence-electron chi connectivity index (χ4n) is 12.7. The fraction of sp³-hybridized carbons (Fsp3) is 0.951. The van der Waals surface area contributed by atoms with Crippen molar-refractivity contribution in [2.75, 3.05) is 39.6 Å². The molecule has 0 fully saturated rings. The number of ether oxygens (including phenoxy) is 4. The van der Waals surface area contributed by atoms with Crippen molar-refractivity contribution in [1.29, 1.82) is 0 Å². The zero-order valence-electron chi connectivity index (χ0n) is 66.4. The summed E-state index contributed by atoms with van der Waals surface area (Å²) in [7, 11) is -9.92. The number of carbonyl (C=O) groups is 4. The first-order valence-corrected chi connectivity index (χ1v) is 45.3. The minimum Gasteiger partial charge on any atom is -0.462 e. The van der Waals surface area contributed by atoms with Crippen LogP contribution >= 0.6 is 15.6 Å². The van der Waals surface area contributed by atoms with Crippen molar-refractivity contribution in [1.82, 2.24) is 0 Å². The maximum atomic E-state index is 13.1. The molecule has 3 N–H and O–H groups in total. The van der Waals surface area contributed by atoms with Crippen LogP contribution in [-0.2, 0) is 65.4 Å². The minimum absolute atomic E-state index is 0.105. The maximum Gasteiger partial charge on any atom is 0.472 e. The van der Waals surface area contributed by atoms with Gasteiger partial charge in [0.1, 0.15) is 19.3 Å². The molecule has 19 heteroatoms. The standard InChI is InChI=1S/C82H160O17P2/c1-8-9-10-11-12-13-27-34-42-49-56-63-79(84)92-70-78(99-82(87)66-59-52-45-38-37-41-48-55-62-75(6)7)72-97-101(90,91)95-68-76(83)67-94-100(88,89)96-71-77(69-93-80(85)64-57-50-43-35-30-25-22-18-20-24-29-33-40-47-54-61-74(4)5)98-81(86)65-58-51-44-36-31-26-21-17-15-14-16-19-23-28-32-39-46-53-60-73(2)3/h73-78,83H,8-72H2,1-7H3,(H,88,89)(H,90,91)/t76-,77-,78-/m1/s1. The van der Waals surface area contributed by atoms with Crippen LogP contribution in [0.3, 0.4) is 0 Å². The number of rotatable bonds is 80. The van der Waals surface area contributed by atoms with E-state index >= 15 is 0 Å². The average Bonchev–Trinajstić information content (AvgIpc) is 1.04. The smallest absolute Gasteiger partial charge is 0.462 e. The summed E-state index contributed by atoms with van der Waals surface area (Å²) in [5, 5.41) is 10.6. The molecule has 600 valence electrons. The topological polar surface area (TPSA) is 237 Å². The van der Waals surface area contributed by atoms with E-state index in [0.717, 1.165) is 108 Å². The van der Waals surface area contributed by atoms with E-state index in [0.29, 0.717) is 25.7 Å². The molecule has 0 heterocycles. The Hall–Kier alpha value is -1.94. The van der Waals surface area contributed by atoms with Gasteiger partial charge in [-0.05, 0) is 43.4 Å². The van der Waals surface area contributed by atoms with Gasteiger partial charge in [0.15, 0.2) is 12.2 Å². The number of esters is 4. The second-order valence-electron chi connectivity index (χ2n) is 30.9. The Morgan fingerprint density at radius 1 is 0.267 bits per heavy atom. The third-order valence-electron chi connectivity index (χ3n) is 19.1. The van der Waals surface area contributed by atoms with Crippen LogP contribution in [-0.4, -0.2) is 96.7 Å². The van der Waals surface area contributed by atoms with Crippen molar-refractivity contribution < 1.29 is 80.2 Å². The summed E-state index contributed by atoms with van der Waals surface area (Å²) < 4.78 is 68.7. The highest BCUT2D eigenvalue weighted by Gasteiger charge is 2.30. The number of phosphoric ester groups is 2. The van der Waals surface area contributed by atoms with E-state index < -0.39 is 97.5 Å². The first-order valence-electron chi connectivity index (χ1n) is 42.3. The average molecular weight is 1480 g/mol. The lowest BCUT2D eigenvalue weighted by Crippen LogP contribution is -2.30. The highest BCUT2D eigenvalue weighted by Crippen LogP contribution is 2.45. The zero-order chi connectivity index (χ0) is 74.4. The number of unbranched alkanes of at least 4 members (excludes halogenated alkanes) is 48. The van der Waals surface area contributed by atoms with Gasteiger partial charge < -0.3 is 33.8 Å². The van der Waals surface area contributed by atoms with Crippen LogP contribution in [0.4, 0.5) is 0 Å². The number of hydrogen-bond donors (Lipinski definition) is 3. The van der Waals surface area contributed by atoms with E-state index in [1.54, 1.807) is 0 Å². The monoisotopic (exact) mass is 1480 g/mol. The van der Waals surface area contributed by atoms with E-state index in [-0.39, 0.29) is 25.7 Å². The van der Waals surface area contributed by atoms with Gasteiger partial charge in [-0.2, -0.15) is 0 Å². The summed E-state index contributed by atoms with van der Waals surface area (Å²) in [5.74, 6) is 0.234. The third-order valence-corrected chi connectivity index (χ3v) is 21.0. The highest BCUT2D eigenvalue weighted by molar-refractivity contribution is 7.47. The minimum atomic E-state index is -4.96. The lowest BCUT2D eigenvalue weighted by molar-refractivity contribution is -0.161. The molecule has 0 aliphatic heterocycles. The Morgan fingerprint density at radius 3 is 0.673 bits per heavy atom. The van der Waals surface area contributed by atoms with Crippen LogP contribution in [0.2, 0.25) is 0 Å². The first kappa shape index (κ1) is 99.1. The predicted octanol–water partition coefficient (Wildman–Crippen LogP) is 24.5. The SMILES string of the molecule is CCCCCCCCCCCCCC(=O)OC[C@H](COP(=O)(O)OC[C@H](O)COP(=O)(O)OC[C@@H](COC(=O)CCCCCCCCCCCCCCCCCC(C)C)OC(=O)CCCCCCCCCCCCCCCCCCCCC(C)C)OC(=O)CCCCCCCCCCC(C)C. The second-order valence-corrected chi connectivity index (χ2v) is 33.8. The first-order chi connectivity index (χ1) is 48.7. The normalized spacial score (nSPS) is 14.0. The highest BCUT2D eigenvalue weighted by atomic mass is 31.2. The van der Waals surface area contributed by atoms with Crippen molar-refractivity contribution >= 4 is 39.5 Å². The molecule has 0 amide bonds. The Bertz CT molecular complexity index is 1960. The van der Waals surface area contributed by atoms with Gasteiger partial charge in [0, 0.05) is 25.7 Å². The Labute approximate surface area is 619 Å². The molecule has 0 aromatic carbocycles. The van der Waals surface area contributed by atoms with Crippen molar-refractivity contribution in [2.45, 2.75) is 446 Å². The molecular weight excluding hydrogens is 1320 g/mol. The van der Waals surface area contributed by atoms with Crippen LogP contribution in [0, 0.1) is 17.8 Å². The van der Waals surface area contributed by atoms with Gasteiger partial charge >= 0.3 is 39.5 Å². The largest absolute Gasteiger partial charge is 0.472 e. The molecule has 0 saturated heterocycles. The molecular formula is C82H160O17P2. The van der Waals surface area contributed by atoms with Crippen LogP contribution in [0.15, 0.2) is 0 Å². The second kappa shape index (κ2) is 72.3. The molecule has 0 aliphatic rings. The molecule has 0 aromatic rings. The van der Waals surface area contributed by atoms with Crippen molar-refractivity contribution in [3.63, 3.8) is 0 Å². The number of aliphatic hydroxyl groups is 1. The Morgan fingerprint density at radius 2 is 0.455 bits per heavy atom. The van der Waals surface area contributed by atoms with Gasteiger partial charge in [0.25, 0.3) is 0 Å². The Balaban J connectivity index is 5.21. The summed E-state index contributed by atoms with van der Waals surface area (Å²) in [6, 6.07) is 0. The van der Waals surface area contributed by atoms with Gasteiger partial charge in [-0.25, -0.2) is 9.13 Å². The summed E-state index contributed by atoms with van der Waals surface area (Å²) in [6.07, 6.45) is 61.1. The molecule has 5 atom stereocenters. The molecule has 0 radical (unpaired) electrons. The molecule has 17 nitrogen and oxygen atoms in total. The Kier molecular flexibility index (Phi) is 70.9. The predicted molar refractivity (Wildman–Crippen MR) is 414 cm³/mol. The number of phosphoric acid groups is 2. The van der Waals surface area contributed by atoms with Crippen molar-refractivity contribution in [2.24, 2.45) is 17.8 Å². The third kappa shape index (κ3) is 76.1. The zero-order valence-corrected chi connectivity index (χ0v) is 68.2. The lowest BCUT2D eigenvalue weighted by Gasteiger charge is -2.21.